The van der Waals surface area contributed by atoms with Gasteiger partial charge in [-0.25, -0.2) is 23.4 Å². The lowest BCUT2D eigenvalue weighted by Crippen LogP contribution is -2.68. The van der Waals surface area contributed by atoms with Crippen molar-refractivity contribution >= 4 is 5.97 Å². The molecule has 0 aliphatic heterocycles. The van der Waals surface area contributed by atoms with Crippen molar-refractivity contribution < 1.29 is 48.1 Å². The van der Waals surface area contributed by atoms with Crippen LogP contribution in [0.5, 0.6) is 5.75 Å². The average Bonchev–Trinajstić information content (AvgIpc) is 2.43. The van der Waals surface area contributed by atoms with E-state index < -0.39 is 16.2 Å². The highest BCUT2D eigenvalue weighted by molar-refractivity contribution is 5.92. The number of ether oxygens (including phenoxy) is 1. The van der Waals surface area contributed by atoms with Crippen LogP contribution in [0.15, 0.2) is 30.3 Å². The lowest BCUT2D eigenvalue weighted by Gasteiger charge is -2.17. The fourth-order valence-electron chi connectivity index (χ4n) is 2.46. The number of hydrogen-bond donors (Lipinski definition) is 1. The third-order valence-electron chi connectivity index (χ3n) is 3.22. The number of pyridine rings is 1. The monoisotopic (exact) mass is 371 g/mol. The molecule has 0 radical (unpaired) electrons. The van der Waals surface area contributed by atoms with Crippen molar-refractivity contribution in [3.63, 3.8) is 0 Å². The van der Waals surface area contributed by atoms with Crippen LogP contribution >= 0.6 is 0 Å². The minimum absolute atomic E-state index is 0.0822. The summed E-state index contributed by atoms with van der Waals surface area (Å²) in [6, 6.07) is 9.07. The van der Waals surface area contributed by atoms with Crippen LogP contribution in [0.25, 0.3) is 5.69 Å². The lowest BCUT2D eigenvalue weighted by atomic mass is 10.1. The van der Waals surface area contributed by atoms with Crippen molar-refractivity contribution in [2.45, 2.75) is 20.8 Å². The zero-order valence-electron chi connectivity index (χ0n) is 14.1. The summed E-state index contributed by atoms with van der Waals surface area (Å²) in [4.78, 5) is 11.5. The van der Waals surface area contributed by atoms with Crippen molar-refractivity contribution in [3.8, 4) is 11.4 Å². The molecule has 1 N–H and O–H groups in total. The highest BCUT2D eigenvalue weighted by Gasteiger charge is 2.19. The molecule has 0 aliphatic rings. The predicted octanol–water partition coefficient (Wildman–Crippen LogP) is -2.38. The van der Waals surface area contributed by atoms with Gasteiger partial charge in [-0.05, 0) is 18.6 Å². The van der Waals surface area contributed by atoms with Gasteiger partial charge < -0.3 is 9.84 Å². The molecule has 0 bridgehead atoms. The lowest BCUT2D eigenvalue weighted by molar-refractivity contribution is -2.00. The molecule has 2 rings (SSSR count). The summed E-state index contributed by atoms with van der Waals surface area (Å²) in [7, 11) is -3.65. The third kappa shape index (κ3) is 6.29. The number of hydrogen-bond acceptors (Lipinski definition) is 7. The summed E-state index contributed by atoms with van der Waals surface area (Å²) in [6.07, 6.45) is 0. The average molecular weight is 372 g/mol. The number of aromatic hydroxyl groups is 1. The van der Waals surface area contributed by atoms with Crippen molar-refractivity contribution in [2.24, 2.45) is 0 Å². The van der Waals surface area contributed by atoms with Crippen molar-refractivity contribution in [1.82, 2.24) is 0 Å². The number of nitrogens with zero attached hydrogens (tertiary/aromatic N) is 1. The van der Waals surface area contributed by atoms with Crippen LogP contribution < -0.4 is 23.2 Å². The van der Waals surface area contributed by atoms with E-state index in [9.17, 15) is 9.90 Å². The van der Waals surface area contributed by atoms with Crippen LogP contribution in [-0.2, 0) is 4.74 Å². The van der Waals surface area contributed by atoms with Crippen LogP contribution in [0.1, 0.15) is 27.3 Å². The molecular formula is C16H18ClNO7. The van der Waals surface area contributed by atoms with Crippen LogP contribution in [0, 0.1) is 31.0 Å². The van der Waals surface area contributed by atoms with E-state index in [0.29, 0.717) is 0 Å². The maximum atomic E-state index is 11.5. The molecule has 0 aliphatic carbocycles. The second-order valence-electron chi connectivity index (χ2n) is 5.22. The van der Waals surface area contributed by atoms with E-state index in [4.69, 9.17) is 18.6 Å². The number of carbonyl (C=O) groups is 1. The molecular weight excluding hydrogens is 354 g/mol. The first-order valence-electron chi connectivity index (χ1n) is 6.97. The summed E-state index contributed by atoms with van der Waals surface area (Å²) < 4.78 is 40.6. The summed E-state index contributed by atoms with van der Waals surface area (Å²) >= 11 is 0. The summed E-state index contributed by atoms with van der Waals surface area (Å²) in [5, 5.41) is 9.98. The number of phenols is 1. The Morgan fingerprint density at radius 3 is 1.92 bits per heavy atom. The van der Waals surface area contributed by atoms with E-state index >= 15 is 0 Å². The number of aryl methyl sites for hydroxylation is 3. The number of halogens is 1. The van der Waals surface area contributed by atoms with Crippen LogP contribution in [0.4, 0.5) is 0 Å². The third-order valence-corrected chi connectivity index (χ3v) is 3.22. The summed E-state index contributed by atoms with van der Waals surface area (Å²) in [5.74, 6) is -0.627. The van der Waals surface area contributed by atoms with Gasteiger partial charge >= 0.3 is 5.97 Å². The Hall–Kier alpha value is -2.23. The first-order chi connectivity index (χ1) is 11.4. The normalized spacial score (nSPS) is 10.7. The number of aromatic nitrogens is 1. The maximum Gasteiger partial charge on any atom is 0.341 e. The number of methoxy groups -OCH3 is 1. The Labute approximate surface area is 146 Å². The van der Waals surface area contributed by atoms with Crippen molar-refractivity contribution in [3.05, 3.63) is 52.8 Å². The smallest absolute Gasteiger partial charge is 0.341 e. The standard InChI is InChI=1S/C16H17NO3.ClHO4/c1-10-7-11(2)17(12(3)8-10)13-5-6-14(15(18)9-13)16(19)20-4;2-1(3,4)5/h5-9H,1-4H3;(H,2,3,4,5). The SMILES string of the molecule is COC(=O)c1ccc(-[n+]2c(C)cc(C)cc2C)cc1O.[O-][Cl+3]([O-])([O-])[O-]. The zero-order chi connectivity index (χ0) is 19.4. The highest BCUT2D eigenvalue weighted by Crippen LogP contribution is 2.20. The molecule has 1 heterocycles. The molecule has 1 aromatic heterocycles. The van der Waals surface area contributed by atoms with E-state index in [1.54, 1.807) is 18.2 Å². The largest absolute Gasteiger partial charge is 0.507 e. The number of phenolic OH excluding ortho intramolecular Hbond substituents is 1. The topological polar surface area (TPSA) is 143 Å². The Kier molecular flexibility index (Phi) is 6.86. The molecule has 136 valence electrons. The second-order valence-corrected chi connectivity index (χ2v) is 5.98. The number of carbonyl (C=O) groups excluding carboxylic acids is 1. The number of benzene rings is 1. The van der Waals surface area contributed by atoms with Gasteiger partial charge in [0.25, 0.3) is 0 Å². The van der Waals surface area contributed by atoms with Gasteiger partial charge in [0.2, 0.25) is 5.69 Å². The Balaban J connectivity index is 0.000000550. The van der Waals surface area contributed by atoms with Crippen molar-refractivity contribution in [1.29, 1.82) is 0 Å². The molecule has 0 atom stereocenters. The fourth-order valence-corrected chi connectivity index (χ4v) is 2.46. The number of esters is 1. The van der Waals surface area contributed by atoms with E-state index in [1.807, 2.05) is 25.3 Å². The fraction of sp³-hybridized carbons (Fsp3) is 0.250. The van der Waals surface area contributed by atoms with Gasteiger partial charge in [0.05, 0.1) is 13.2 Å². The van der Waals surface area contributed by atoms with Gasteiger partial charge in [0.1, 0.15) is 11.3 Å². The Bertz CT molecular complexity index is 743. The first-order valence-corrected chi connectivity index (χ1v) is 8.21. The summed E-state index contributed by atoms with van der Waals surface area (Å²) in [5.41, 5.74) is 4.29. The quantitative estimate of drug-likeness (QED) is 0.459. The molecule has 0 saturated carbocycles. The molecule has 0 saturated heterocycles. The van der Waals surface area contributed by atoms with E-state index in [2.05, 4.69) is 16.9 Å². The molecule has 2 aromatic rings. The van der Waals surface area contributed by atoms with Crippen LogP contribution in [0.2, 0.25) is 0 Å². The van der Waals surface area contributed by atoms with E-state index in [0.717, 1.165) is 17.1 Å². The van der Waals surface area contributed by atoms with Crippen LogP contribution in [-0.4, -0.2) is 18.2 Å². The minimum atomic E-state index is -4.94. The zero-order valence-corrected chi connectivity index (χ0v) is 14.9. The molecule has 8 nitrogen and oxygen atoms in total. The van der Waals surface area contributed by atoms with Crippen molar-refractivity contribution in [2.75, 3.05) is 7.11 Å². The predicted molar refractivity (Wildman–Crippen MR) is 75.2 cm³/mol. The van der Waals surface area contributed by atoms with Gasteiger partial charge in [0, 0.05) is 32.0 Å². The molecule has 1 aromatic carbocycles. The Morgan fingerprint density at radius 2 is 1.52 bits per heavy atom. The molecule has 25 heavy (non-hydrogen) atoms. The molecule has 0 fully saturated rings. The van der Waals surface area contributed by atoms with Gasteiger partial charge in [-0.2, -0.15) is 4.57 Å². The van der Waals surface area contributed by atoms with Gasteiger partial charge in [-0.15, -0.1) is 10.2 Å². The highest BCUT2D eigenvalue weighted by atomic mass is 35.7. The van der Waals surface area contributed by atoms with E-state index in [1.165, 1.54) is 12.7 Å². The Morgan fingerprint density at radius 1 is 1.04 bits per heavy atom. The molecule has 0 amide bonds. The summed E-state index contributed by atoms with van der Waals surface area (Å²) in [6.45, 7) is 6.05. The minimum Gasteiger partial charge on any atom is -0.507 e. The molecule has 9 heteroatoms. The number of rotatable bonds is 2. The molecule has 0 unspecified atom stereocenters. The maximum absolute atomic E-state index is 11.5. The first kappa shape index (κ1) is 20.8. The van der Waals surface area contributed by atoms with Gasteiger partial charge in [-0.1, -0.05) is 0 Å². The van der Waals surface area contributed by atoms with Gasteiger partial charge in [0.15, 0.2) is 11.4 Å². The van der Waals surface area contributed by atoms with Crippen LogP contribution in [0.3, 0.4) is 0 Å². The van der Waals surface area contributed by atoms with Gasteiger partial charge in [-0.3, -0.25) is 0 Å². The van der Waals surface area contributed by atoms with E-state index in [-0.39, 0.29) is 11.3 Å². The second kappa shape index (κ2) is 8.24. The molecule has 0 spiro atoms.